The number of rotatable bonds is 2. The van der Waals surface area contributed by atoms with Crippen molar-refractivity contribution in [1.29, 1.82) is 0 Å². The van der Waals surface area contributed by atoms with Gasteiger partial charge in [0.1, 0.15) is 0 Å². The molecule has 2 aliphatic rings. The molecule has 0 saturated carbocycles. The number of hydrogen-bond donors (Lipinski definition) is 2. The van der Waals surface area contributed by atoms with Gasteiger partial charge >= 0.3 is 0 Å². The van der Waals surface area contributed by atoms with Gasteiger partial charge in [0.2, 0.25) is 11.8 Å². The third-order valence-electron chi connectivity index (χ3n) is 4.52. The molecular formula is C16H21N3O2. The molecule has 0 bridgehead atoms. The highest BCUT2D eigenvalue weighted by atomic mass is 16.2. The molecule has 1 aromatic carbocycles. The summed E-state index contributed by atoms with van der Waals surface area (Å²) in [6.45, 7) is 1.73. The molecule has 0 aromatic heterocycles. The van der Waals surface area contributed by atoms with Crippen LogP contribution in [0.3, 0.4) is 0 Å². The Morgan fingerprint density at radius 1 is 1.24 bits per heavy atom. The highest BCUT2D eigenvalue weighted by Gasteiger charge is 2.37. The summed E-state index contributed by atoms with van der Waals surface area (Å²) in [6, 6.07) is 10.1. The van der Waals surface area contributed by atoms with Crippen LogP contribution in [-0.4, -0.2) is 42.4 Å². The van der Waals surface area contributed by atoms with Gasteiger partial charge < -0.3 is 16.0 Å². The maximum absolute atomic E-state index is 12.5. The molecule has 3 atom stereocenters. The van der Waals surface area contributed by atoms with E-state index in [2.05, 4.69) is 17.4 Å². The molecular weight excluding hydrogens is 266 g/mol. The van der Waals surface area contributed by atoms with E-state index in [1.165, 1.54) is 5.56 Å². The van der Waals surface area contributed by atoms with E-state index in [9.17, 15) is 9.59 Å². The van der Waals surface area contributed by atoms with Gasteiger partial charge in [-0.25, -0.2) is 0 Å². The number of piperidine rings is 1. The van der Waals surface area contributed by atoms with Crippen LogP contribution in [0.25, 0.3) is 0 Å². The lowest BCUT2D eigenvalue weighted by molar-refractivity contribution is -0.136. The van der Waals surface area contributed by atoms with Crippen LogP contribution in [0, 0.1) is 5.92 Å². The Balaban J connectivity index is 1.65. The van der Waals surface area contributed by atoms with E-state index in [4.69, 9.17) is 5.73 Å². The van der Waals surface area contributed by atoms with Gasteiger partial charge in [-0.3, -0.25) is 9.59 Å². The molecule has 0 radical (unpaired) electrons. The van der Waals surface area contributed by atoms with Crippen LogP contribution in [0.1, 0.15) is 24.3 Å². The lowest BCUT2D eigenvalue weighted by Crippen LogP contribution is -2.44. The van der Waals surface area contributed by atoms with E-state index in [-0.39, 0.29) is 29.7 Å². The van der Waals surface area contributed by atoms with Crippen molar-refractivity contribution in [3.8, 4) is 0 Å². The zero-order chi connectivity index (χ0) is 14.8. The molecule has 3 rings (SSSR count). The first-order valence-corrected chi connectivity index (χ1v) is 7.51. The molecule has 2 fully saturated rings. The summed E-state index contributed by atoms with van der Waals surface area (Å²) in [6.07, 6.45) is 1.09. The number of amides is 2. The summed E-state index contributed by atoms with van der Waals surface area (Å²) < 4.78 is 0. The molecule has 112 valence electrons. The van der Waals surface area contributed by atoms with Gasteiger partial charge in [0.25, 0.3) is 0 Å². The predicted octanol–water partition coefficient (Wildman–Crippen LogP) is 0.466. The first-order chi connectivity index (χ1) is 10.1. The first-order valence-electron chi connectivity index (χ1n) is 7.51. The SMILES string of the molecule is N[C@@H]1CN(C(=O)C2CCC(=O)NC2)C[C@H]1c1ccccc1. The minimum absolute atomic E-state index is 0.0190. The van der Waals surface area contributed by atoms with Crippen LogP contribution >= 0.6 is 0 Å². The van der Waals surface area contributed by atoms with Gasteiger partial charge in [-0.15, -0.1) is 0 Å². The monoisotopic (exact) mass is 287 g/mol. The lowest BCUT2D eigenvalue weighted by atomic mass is 9.95. The quantitative estimate of drug-likeness (QED) is 0.830. The fourth-order valence-corrected chi connectivity index (χ4v) is 3.26. The number of nitrogens with two attached hydrogens (primary N) is 1. The summed E-state index contributed by atoms with van der Waals surface area (Å²) in [7, 11) is 0. The Morgan fingerprint density at radius 2 is 2.00 bits per heavy atom. The predicted molar refractivity (Wildman–Crippen MR) is 79.5 cm³/mol. The zero-order valence-electron chi connectivity index (χ0n) is 12.0. The van der Waals surface area contributed by atoms with Crippen LogP contribution in [-0.2, 0) is 9.59 Å². The zero-order valence-corrected chi connectivity index (χ0v) is 12.0. The Morgan fingerprint density at radius 3 is 2.67 bits per heavy atom. The van der Waals surface area contributed by atoms with Gasteiger partial charge in [0, 0.05) is 38.0 Å². The molecule has 2 saturated heterocycles. The second kappa shape index (κ2) is 5.85. The largest absolute Gasteiger partial charge is 0.355 e. The average Bonchev–Trinajstić information content (AvgIpc) is 2.90. The van der Waals surface area contributed by atoms with Gasteiger partial charge in [-0.1, -0.05) is 30.3 Å². The topological polar surface area (TPSA) is 75.4 Å². The maximum atomic E-state index is 12.5. The molecule has 1 unspecified atom stereocenters. The van der Waals surface area contributed by atoms with Crippen molar-refractivity contribution in [2.24, 2.45) is 11.7 Å². The van der Waals surface area contributed by atoms with Crippen LogP contribution in [0.2, 0.25) is 0 Å². The van der Waals surface area contributed by atoms with Crippen LogP contribution in [0.4, 0.5) is 0 Å². The minimum Gasteiger partial charge on any atom is -0.355 e. The van der Waals surface area contributed by atoms with Gasteiger partial charge in [0.05, 0.1) is 5.92 Å². The fraction of sp³-hybridized carbons (Fsp3) is 0.500. The first kappa shape index (κ1) is 14.1. The van der Waals surface area contributed by atoms with Crippen molar-refractivity contribution in [2.45, 2.75) is 24.8 Å². The number of hydrogen-bond acceptors (Lipinski definition) is 3. The summed E-state index contributed by atoms with van der Waals surface area (Å²) >= 11 is 0. The van der Waals surface area contributed by atoms with Crippen molar-refractivity contribution in [3.63, 3.8) is 0 Å². The second-order valence-corrected chi connectivity index (χ2v) is 5.96. The molecule has 0 aliphatic carbocycles. The van der Waals surface area contributed by atoms with Crippen LogP contribution in [0.5, 0.6) is 0 Å². The number of carbonyl (C=O) groups is 2. The van der Waals surface area contributed by atoms with E-state index in [0.717, 1.165) is 0 Å². The molecule has 5 heteroatoms. The highest BCUT2D eigenvalue weighted by molar-refractivity contribution is 5.84. The number of likely N-dealkylation sites (tertiary alicyclic amines) is 1. The Kier molecular flexibility index (Phi) is 3.92. The molecule has 5 nitrogen and oxygen atoms in total. The molecule has 3 N–H and O–H groups in total. The van der Waals surface area contributed by atoms with Gasteiger partial charge in [0.15, 0.2) is 0 Å². The summed E-state index contributed by atoms with van der Waals surface area (Å²) in [5, 5.41) is 2.77. The summed E-state index contributed by atoms with van der Waals surface area (Å²) in [4.78, 5) is 25.6. The minimum atomic E-state index is -0.0931. The molecule has 2 amide bonds. The fourth-order valence-electron chi connectivity index (χ4n) is 3.26. The van der Waals surface area contributed by atoms with Gasteiger partial charge in [-0.05, 0) is 12.0 Å². The lowest BCUT2D eigenvalue weighted by Gasteiger charge is -2.26. The maximum Gasteiger partial charge on any atom is 0.227 e. The van der Waals surface area contributed by atoms with E-state index >= 15 is 0 Å². The van der Waals surface area contributed by atoms with Crippen molar-refractivity contribution in [3.05, 3.63) is 35.9 Å². The molecule has 21 heavy (non-hydrogen) atoms. The summed E-state index contributed by atoms with van der Waals surface area (Å²) in [5.74, 6) is 0.279. The van der Waals surface area contributed by atoms with Gasteiger partial charge in [-0.2, -0.15) is 0 Å². The number of nitrogens with one attached hydrogen (secondary N) is 1. The number of nitrogens with zero attached hydrogens (tertiary/aromatic N) is 1. The molecule has 1 aromatic rings. The summed E-state index contributed by atoms with van der Waals surface area (Å²) in [5.41, 5.74) is 7.42. The van der Waals surface area contributed by atoms with Crippen molar-refractivity contribution >= 4 is 11.8 Å². The van der Waals surface area contributed by atoms with Crippen molar-refractivity contribution < 1.29 is 9.59 Å². The molecule has 0 spiro atoms. The van der Waals surface area contributed by atoms with Crippen LogP contribution in [0.15, 0.2) is 30.3 Å². The standard InChI is InChI=1S/C16H21N3O2/c17-14-10-19(9-13(14)11-4-2-1-3-5-11)16(21)12-6-7-15(20)18-8-12/h1-5,12-14H,6-10,17H2,(H,18,20)/t12?,13-,14+/m0/s1. The van der Waals surface area contributed by atoms with Crippen molar-refractivity contribution in [2.75, 3.05) is 19.6 Å². The highest BCUT2D eigenvalue weighted by Crippen LogP contribution is 2.28. The molecule has 2 aliphatic heterocycles. The Bertz CT molecular complexity index is 522. The number of carbonyl (C=O) groups excluding carboxylic acids is 2. The van der Waals surface area contributed by atoms with E-state index in [0.29, 0.717) is 32.5 Å². The smallest absolute Gasteiger partial charge is 0.227 e. The van der Waals surface area contributed by atoms with E-state index < -0.39 is 0 Å². The van der Waals surface area contributed by atoms with Crippen molar-refractivity contribution in [1.82, 2.24) is 10.2 Å². The second-order valence-electron chi connectivity index (χ2n) is 5.96. The third kappa shape index (κ3) is 2.93. The number of benzene rings is 1. The third-order valence-corrected chi connectivity index (χ3v) is 4.52. The Labute approximate surface area is 124 Å². The van der Waals surface area contributed by atoms with E-state index in [1.807, 2.05) is 23.1 Å². The van der Waals surface area contributed by atoms with E-state index in [1.54, 1.807) is 0 Å². The van der Waals surface area contributed by atoms with Crippen LogP contribution < -0.4 is 11.1 Å². The average molecular weight is 287 g/mol. The normalized spacial score (nSPS) is 29.3. The Hall–Kier alpha value is -1.88. The molecule has 2 heterocycles.